The lowest BCUT2D eigenvalue weighted by Crippen LogP contribution is -2.38. The highest BCUT2D eigenvalue weighted by Crippen LogP contribution is 2.30. The summed E-state index contributed by atoms with van der Waals surface area (Å²) in [6.07, 6.45) is 1.86. The van der Waals surface area contributed by atoms with Gasteiger partial charge < -0.3 is 15.5 Å². The molecular formula is C10H21NO2. The molecule has 78 valence electrons. The summed E-state index contributed by atoms with van der Waals surface area (Å²) in [6.45, 7) is 4.89. The van der Waals surface area contributed by atoms with Crippen LogP contribution in [0.1, 0.15) is 26.7 Å². The van der Waals surface area contributed by atoms with Gasteiger partial charge in [0.2, 0.25) is 0 Å². The molecular weight excluding hydrogens is 166 g/mol. The Labute approximate surface area is 80.2 Å². The minimum Gasteiger partial charge on any atom is -0.394 e. The molecule has 1 fully saturated rings. The molecule has 0 heterocycles. The summed E-state index contributed by atoms with van der Waals surface area (Å²) in [5.74, 6) is 1.47. The molecule has 1 saturated carbocycles. The van der Waals surface area contributed by atoms with Crippen LogP contribution in [0.5, 0.6) is 0 Å². The van der Waals surface area contributed by atoms with Crippen LogP contribution in [0, 0.1) is 11.8 Å². The number of rotatable bonds is 4. The van der Waals surface area contributed by atoms with Gasteiger partial charge in [-0.1, -0.05) is 13.8 Å². The zero-order chi connectivity index (χ0) is 9.84. The van der Waals surface area contributed by atoms with Crippen LogP contribution in [0.2, 0.25) is 0 Å². The van der Waals surface area contributed by atoms with E-state index < -0.39 is 6.10 Å². The van der Waals surface area contributed by atoms with Gasteiger partial charge in [-0.15, -0.1) is 0 Å². The Balaban J connectivity index is 2.22. The first-order valence-electron chi connectivity index (χ1n) is 5.17. The fourth-order valence-electron chi connectivity index (χ4n) is 2.00. The van der Waals surface area contributed by atoms with Crippen LogP contribution >= 0.6 is 0 Å². The molecule has 0 aromatic carbocycles. The van der Waals surface area contributed by atoms with Crippen molar-refractivity contribution in [3.63, 3.8) is 0 Å². The van der Waals surface area contributed by atoms with Gasteiger partial charge in [0.25, 0.3) is 0 Å². The van der Waals surface area contributed by atoms with E-state index in [-0.39, 0.29) is 6.61 Å². The Morgan fingerprint density at radius 2 is 2.08 bits per heavy atom. The first kappa shape index (κ1) is 11.0. The van der Waals surface area contributed by atoms with E-state index in [1.54, 1.807) is 0 Å². The van der Waals surface area contributed by atoms with Gasteiger partial charge in [-0.05, 0) is 24.7 Å². The number of hydrogen-bond donors (Lipinski definition) is 3. The maximum Gasteiger partial charge on any atom is 0.0895 e. The van der Waals surface area contributed by atoms with Gasteiger partial charge in [-0.3, -0.25) is 0 Å². The van der Waals surface area contributed by atoms with E-state index in [9.17, 15) is 0 Å². The molecule has 0 bridgehead atoms. The van der Waals surface area contributed by atoms with Crippen molar-refractivity contribution in [2.75, 3.05) is 13.2 Å². The number of hydrogen-bond acceptors (Lipinski definition) is 3. The highest BCUT2D eigenvalue weighted by Gasteiger charge is 2.29. The summed E-state index contributed by atoms with van der Waals surface area (Å²) in [4.78, 5) is 0. The van der Waals surface area contributed by atoms with E-state index in [1.807, 2.05) is 0 Å². The molecule has 3 N–H and O–H groups in total. The van der Waals surface area contributed by atoms with Crippen molar-refractivity contribution in [1.29, 1.82) is 0 Å². The van der Waals surface area contributed by atoms with Crippen LogP contribution in [-0.2, 0) is 0 Å². The van der Waals surface area contributed by atoms with E-state index in [0.717, 1.165) is 5.92 Å². The van der Waals surface area contributed by atoms with Crippen molar-refractivity contribution in [1.82, 2.24) is 5.32 Å². The summed E-state index contributed by atoms with van der Waals surface area (Å²) in [5.41, 5.74) is 0. The summed E-state index contributed by atoms with van der Waals surface area (Å²) < 4.78 is 0. The third kappa shape index (κ3) is 2.93. The smallest absolute Gasteiger partial charge is 0.0895 e. The summed E-state index contributed by atoms with van der Waals surface area (Å²) in [7, 11) is 0. The minimum absolute atomic E-state index is 0.149. The van der Waals surface area contributed by atoms with Crippen LogP contribution in [0.25, 0.3) is 0 Å². The summed E-state index contributed by atoms with van der Waals surface area (Å²) in [5, 5.41) is 21.1. The summed E-state index contributed by atoms with van der Waals surface area (Å²) >= 11 is 0. The molecule has 1 aliphatic carbocycles. The Morgan fingerprint density at radius 1 is 1.38 bits per heavy atom. The molecule has 0 amide bonds. The van der Waals surface area contributed by atoms with E-state index in [2.05, 4.69) is 19.2 Å². The standard InChI is InChI=1S/C10H21NO2/c1-7-3-4-10(8(7)2)11-5-9(13)6-12/h7-13H,3-6H2,1-2H3. The quantitative estimate of drug-likeness (QED) is 0.596. The Kier molecular flexibility index (Phi) is 4.16. The molecule has 13 heavy (non-hydrogen) atoms. The zero-order valence-electron chi connectivity index (χ0n) is 8.53. The second-order valence-corrected chi connectivity index (χ2v) is 4.26. The fourth-order valence-corrected chi connectivity index (χ4v) is 2.00. The van der Waals surface area contributed by atoms with Crippen molar-refractivity contribution in [3.8, 4) is 0 Å². The molecule has 4 unspecified atom stereocenters. The molecule has 3 nitrogen and oxygen atoms in total. The van der Waals surface area contributed by atoms with Crippen molar-refractivity contribution < 1.29 is 10.2 Å². The van der Waals surface area contributed by atoms with E-state index in [4.69, 9.17) is 10.2 Å². The first-order valence-corrected chi connectivity index (χ1v) is 5.17. The molecule has 0 aromatic rings. The lowest BCUT2D eigenvalue weighted by atomic mass is 9.98. The monoisotopic (exact) mass is 187 g/mol. The maximum absolute atomic E-state index is 9.16. The van der Waals surface area contributed by atoms with Crippen LogP contribution < -0.4 is 5.32 Å². The molecule has 0 saturated heterocycles. The predicted octanol–water partition coefficient (Wildman–Crippen LogP) is 0.364. The predicted molar refractivity (Wildman–Crippen MR) is 52.4 cm³/mol. The SMILES string of the molecule is CC1CCC(NCC(O)CO)C1C. The lowest BCUT2D eigenvalue weighted by molar-refractivity contribution is 0.0903. The number of nitrogens with one attached hydrogen (secondary N) is 1. The topological polar surface area (TPSA) is 52.5 Å². The Bertz CT molecular complexity index is 152. The molecule has 3 heteroatoms. The van der Waals surface area contributed by atoms with Crippen LogP contribution in [-0.4, -0.2) is 35.5 Å². The van der Waals surface area contributed by atoms with Gasteiger partial charge in [-0.2, -0.15) is 0 Å². The maximum atomic E-state index is 9.16. The van der Waals surface area contributed by atoms with Crippen molar-refractivity contribution in [3.05, 3.63) is 0 Å². The van der Waals surface area contributed by atoms with E-state index in [1.165, 1.54) is 12.8 Å². The van der Waals surface area contributed by atoms with Gasteiger partial charge in [0, 0.05) is 12.6 Å². The highest BCUT2D eigenvalue weighted by atomic mass is 16.3. The van der Waals surface area contributed by atoms with Gasteiger partial charge in [-0.25, -0.2) is 0 Å². The van der Waals surface area contributed by atoms with Gasteiger partial charge in [0.05, 0.1) is 12.7 Å². The van der Waals surface area contributed by atoms with Crippen LogP contribution in [0.4, 0.5) is 0 Å². The lowest BCUT2D eigenvalue weighted by Gasteiger charge is -2.20. The third-order valence-electron chi connectivity index (χ3n) is 3.29. The largest absolute Gasteiger partial charge is 0.394 e. The molecule has 4 atom stereocenters. The van der Waals surface area contributed by atoms with Crippen molar-refractivity contribution in [2.24, 2.45) is 11.8 Å². The number of aliphatic hydroxyl groups excluding tert-OH is 2. The second-order valence-electron chi connectivity index (χ2n) is 4.26. The van der Waals surface area contributed by atoms with Crippen molar-refractivity contribution in [2.45, 2.75) is 38.8 Å². The Hall–Kier alpha value is -0.120. The first-order chi connectivity index (χ1) is 6.15. The molecule has 1 aliphatic rings. The summed E-state index contributed by atoms with van der Waals surface area (Å²) in [6, 6.07) is 0.524. The second kappa shape index (κ2) is 4.94. The van der Waals surface area contributed by atoms with Crippen molar-refractivity contribution >= 4 is 0 Å². The Morgan fingerprint density at radius 3 is 2.54 bits per heavy atom. The average Bonchev–Trinajstić information content (AvgIpc) is 2.44. The van der Waals surface area contributed by atoms with E-state index in [0.29, 0.717) is 18.5 Å². The molecule has 1 rings (SSSR count). The van der Waals surface area contributed by atoms with Gasteiger partial charge in [0.1, 0.15) is 0 Å². The molecule has 0 spiro atoms. The zero-order valence-corrected chi connectivity index (χ0v) is 8.53. The van der Waals surface area contributed by atoms with Crippen LogP contribution in [0.3, 0.4) is 0 Å². The van der Waals surface area contributed by atoms with E-state index >= 15 is 0 Å². The third-order valence-corrected chi connectivity index (χ3v) is 3.29. The molecule has 0 aromatic heterocycles. The average molecular weight is 187 g/mol. The van der Waals surface area contributed by atoms with Gasteiger partial charge in [0.15, 0.2) is 0 Å². The fraction of sp³-hybridized carbons (Fsp3) is 1.00. The van der Waals surface area contributed by atoms with Crippen LogP contribution in [0.15, 0.2) is 0 Å². The highest BCUT2D eigenvalue weighted by molar-refractivity contribution is 4.85. The molecule has 0 aliphatic heterocycles. The minimum atomic E-state index is -0.608. The molecule has 0 radical (unpaired) electrons. The normalized spacial score (nSPS) is 36.5. The van der Waals surface area contributed by atoms with Gasteiger partial charge >= 0.3 is 0 Å². The number of aliphatic hydroxyl groups is 2.